The Morgan fingerprint density at radius 3 is 3.00 bits per heavy atom. The number of nitrogens with zero attached hydrogens (tertiary/aromatic N) is 2. The van der Waals surface area contributed by atoms with E-state index in [1.807, 2.05) is 18.3 Å². The molecule has 0 aliphatic carbocycles. The van der Waals surface area contributed by atoms with Gasteiger partial charge >= 0.3 is 0 Å². The Morgan fingerprint density at radius 2 is 2.28 bits per heavy atom. The fourth-order valence-corrected chi connectivity index (χ4v) is 3.61. The Bertz CT molecular complexity index is 765. The van der Waals surface area contributed by atoms with Gasteiger partial charge in [-0.25, -0.2) is 0 Å². The molecule has 1 saturated heterocycles. The lowest BCUT2D eigenvalue weighted by atomic mass is 10.2. The molecule has 1 unspecified atom stereocenters. The van der Waals surface area contributed by atoms with Crippen molar-refractivity contribution in [1.82, 2.24) is 15.1 Å². The zero-order valence-corrected chi connectivity index (χ0v) is 17.2. The van der Waals surface area contributed by atoms with E-state index in [-0.39, 0.29) is 6.10 Å². The van der Waals surface area contributed by atoms with Crippen molar-refractivity contribution < 1.29 is 4.74 Å². The summed E-state index contributed by atoms with van der Waals surface area (Å²) in [5.41, 5.74) is 0.937. The highest BCUT2D eigenvalue weighted by molar-refractivity contribution is 9.10. The van der Waals surface area contributed by atoms with Crippen LogP contribution in [0.4, 0.5) is 5.82 Å². The first-order chi connectivity index (χ1) is 12.0. The summed E-state index contributed by atoms with van der Waals surface area (Å²) < 4.78 is 8.17. The van der Waals surface area contributed by atoms with Crippen molar-refractivity contribution in [2.75, 3.05) is 18.5 Å². The van der Waals surface area contributed by atoms with Crippen LogP contribution in [-0.4, -0.2) is 34.1 Å². The molecule has 0 bridgehead atoms. The third-order valence-electron chi connectivity index (χ3n) is 3.81. The fraction of sp³-hybridized carbons (Fsp3) is 0.375. The van der Waals surface area contributed by atoms with Crippen molar-refractivity contribution in [1.29, 1.82) is 0 Å². The number of benzene rings is 1. The Labute approximate surface area is 170 Å². The van der Waals surface area contributed by atoms with Crippen LogP contribution in [0.1, 0.15) is 18.4 Å². The largest absolute Gasteiger partial charge is 0.376 e. The third-order valence-corrected chi connectivity index (χ3v) is 5.22. The zero-order valence-electron chi connectivity index (χ0n) is 13.3. The molecule has 0 saturated carbocycles. The van der Waals surface area contributed by atoms with Gasteiger partial charge in [0.1, 0.15) is 0 Å². The van der Waals surface area contributed by atoms with Gasteiger partial charge in [0.05, 0.1) is 17.1 Å². The molecule has 3 rings (SSSR count). The number of ether oxygens (including phenoxy) is 1. The first-order valence-corrected chi connectivity index (χ1v) is 9.80. The Morgan fingerprint density at radius 1 is 1.44 bits per heavy atom. The van der Waals surface area contributed by atoms with Crippen molar-refractivity contribution >= 4 is 62.3 Å². The zero-order chi connectivity index (χ0) is 17.8. The summed E-state index contributed by atoms with van der Waals surface area (Å²) in [7, 11) is 0. The van der Waals surface area contributed by atoms with E-state index in [0.29, 0.717) is 34.1 Å². The SMILES string of the molecule is S=C(NCC1CCCO1)Nc1nn(Cc2ccc(Cl)cc2Cl)cc1Br. The van der Waals surface area contributed by atoms with Crippen molar-refractivity contribution in [3.63, 3.8) is 0 Å². The van der Waals surface area contributed by atoms with Gasteiger partial charge in [0.15, 0.2) is 10.9 Å². The molecule has 25 heavy (non-hydrogen) atoms. The van der Waals surface area contributed by atoms with Gasteiger partial charge in [0.2, 0.25) is 0 Å². The molecule has 1 fully saturated rings. The minimum absolute atomic E-state index is 0.229. The van der Waals surface area contributed by atoms with Crippen LogP contribution >= 0.6 is 51.3 Å². The molecule has 1 aliphatic heterocycles. The first-order valence-electron chi connectivity index (χ1n) is 7.84. The molecule has 1 aromatic carbocycles. The average Bonchev–Trinajstić information content (AvgIpc) is 3.19. The smallest absolute Gasteiger partial charge is 0.172 e. The van der Waals surface area contributed by atoms with E-state index in [1.165, 1.54) is 0 Å². The lowest BCUT2D eigenvalue weighted by Gasteiger charge is -2.13. The van der Waals surface area contributed by atoms with Crippen molar-refractivity contribution in [2.24, 2.45) is 0 Å². The number of rotatable bonds is 5. The van der Waals surface area contributed by atoms with Gasteiger partial charge in [-0.15, -0.1) is 0 Å². The molecule has 2 heterocycles. The maximum atomic E-state index is 6.22. The van der Waals surface area contributed by atoms with Crippen LogP contribution in [0.15, 0.2) is 28.9 Å². The molecule has 134 valence electrons. The molecule has 0 spiro atoms. The average molecular weight is 464 g/mol. The van der Waals surface area contributed by atoms with E-state index in [9.17, 15) is 0 Å². The Kier molecular flexibility index (Phi) is 6.57. The molecule has 0 radical (unpaired) electrons. The van der Waals surface area contributed by atoms with E-state index < -0.39 is 0 Å². The maximum Gasteiger partial charge on any atom is 0.172 e. The molecule has 1 aliphatic rings. The van der Waals surface area contributed by atoms with Gasteiger partial charge in [-0.1, -0.05) is 29.3 Å². The molecule has 0 amide bonds. The maximum absolute atomic E-state index is 6.22. The summed E-state index contributed by atoms with van der Waals surface area (Å²) in [4.78, 5) is 0. The van der Waals surface area contributed by atoms with Crippen LogP contribution in [0.2, 0.25) is 10.0 Å². The summed E-state index contributed by atoms with van der Waals surface area (Å²) >= 11 is 21.0. The van der Waals surface area contributed by atoms with E-state index in [4.69, 9.17) is 40.2 Å². The van der Waals surface area contributed by atoms with Crippen molar-refractivity contribution in [3.05, 3.63) is 44.5 Å². The van der Waals surface area contributed by atoms with E-state index >= 15 is 0 Å². The normalized spacial score (nSPS) is 16.8. The number of hydrogen-bond donors (Lipinski definition) is 2. The van der Waals surface area contributed by atoms with Crippen LogP contribution in [0, 0.1) is 0 Å². The first kappa shape index (κ1) is 18.9. The number of thiocarbonyl (C=S) groups is 1. The summed E-state index contributed by atoms with van der Waals surface area (Å²) in [6.45, 7) is 2.06. The summed E-state index contributed by atoms with van der Waals surface area (Å²) in [6, 6.07) is 5.42. The van der Waals surface area contributed by atoms with Gasteiger partial charge in [-0.2, -0.15) is 5.10 Å². The second-order valence-electron chi connectivity index (χ2n) is 5.73. The fourth-order valence-electron chi connectivity index (χ4n) is 2.55. The lowest BCUT2D eigenvalue weighted by Crippen LogP contribution is -2.35. The Hall–Kier alpha value is -0.860. The molecule has 9 heteroatoms. The standard InChI is InChI=1S/C16H17BrCl2N4OS/c17-13-9-23(8-10-3-4-11(18)6-14(10)19)22-15(13)21-16(25)20-7-12-2-1-5-24-12/h3-4,6,9,12H,1-2,5,7-8H2,(H2,20,21,22,25). The quantitative estimate of drug-likeness (QED) is 0.640. The summed E-state index contributed by atoms with van der Waals surface area (Å²) in [6.07, 6.45) is 4.27. The number of halogens is 3. The van der Waals surface area contributed by atoms with E-state index in [2.05, 4.69) is 31.7 Å². The van der Waals surface area contributed by atoms with Crippen LogP contribution < -0.4 is 10.6 Å². The second-order valence-corrected chi connectivity index (χ2v) is 7.84. The second kappa shape index (κ2) is 8.68. The van der Waals surface area contributed by atoms with Gasteiger partial charge in [-0.3, -0.25) is 4.68 Å². The monoisotopic (exact) mass is 462 g/mol. The predicted octanol–water partition coefficient (Wildman–Crippen LogP) is 4.47. The number of aromatic nitrogens is 2. The molecule has 1 aromatic heterocycles. The topological polar surface area (TPSA) is 51.1 Å². The van der Waals surface area contributed by atoms with Crippen LogP contribution in [-0.2, 0) is 11.3 Å². The molecular weight excluding hydrogens is 447 g/mol. The minimum Gasteiger partial charge on any atom is -0.376 e. The molecule has 2 aromatic rings. The van der Waals surface area contributed by atoms with Crippen molar-refractivity contribution in [3.8, 4) is 0 Å². The van der Waals surface area contributed by atoms with E-state index in [0.717, 1.165) is 29.5 Å². The summed E-state index contributed by atoms with van der Waals surface area (Å²) in [5, 5.41) is 12.5. The molecule has 2 N–H and O–H groups in total. The molecule has 5 nitrogen and oxygen atoms in total. The Balaban J connectivity index is 1.58. The van der Waals surface area contributed by atoms with E-state index in [1.54, 1.807) is 10.7 Å². The van der Waals surface area contributed by atoms with Crippen LogP contribution in [0.3, 0.4) is 0 Å². The predicted molar refractivity (Wildman–Crippen MR) is 109 cm³/mol. The third kappa shape index (κ3) is 5.31. The van der Waals surface area contributed by atoms with Gasteiger partial charge in [0.25, 0.3) is 0 Å². The molecular formula is C16H17BrCl2N4OS. The number of nitrogens with one attached hydrogen (secondary N) is 2. The molecule has 1 atom stereocenters. The minimum atomic E-state index is 0.229. The van der Waals surface area contributed by atoms with Gasteiger partial charge < -0.3 is 15.4 Å². The number of anilines is 1. The highest BCUT2D eigenvalue weighted by Gasteiger charge is 2.16. The lowest BCUT2D eigenvalue weighted by molar-refractivity contribution is 0.114. The highest BCUT2D eigenvalue weighted by atomic mass is 79.9. The summed E-state index contributed by atoms with van der Waals surface area (Å²) in [5.74, 6) is 0.648. The van der Waals surface area contributed by atoms with Crippen LogP contribution in [0.25, 0.3) is 0 Å². The number of hydrogen-bond acceptors (Lipinski definition) is 3. The highest BCUT2D eigenvalue weighted by Crippen LogP contribution is 2.24. The van der Waals surface area contributed by atoms with Gasteiger partial charge in [0, 0.05) is 29.4 Å². The van der Waals surface area contributed by atoms with Crippen molar-refractivity contribution in [2.45, 2.75) is 25.5 Å². The van der Waals surface area contributed by atoms with Crippen LogP contribution in [0.5, 0.6) is 0 Å². The van der Waals surface area contributed by atoms with Gasteiger partial charge in [-0.05, 0) is 58.7 Å².